The van der Waals surface area contributed by atoms with Crippen LogP contribution in [0.15, 0.2) is 18.2 Å². The number of aliphatic hydroxyl groups excluding tert-OH is 1. The van der Waals surface area contributed by atoms with Crippen LogP contribution in [0.5, 0.6) is 0 Å². The summed E-state index contributed by atoms with van der Waals surface area (Å²) in [6, 6.07) is 0.00869. The van der Waals surface area contributed by atoms with E-state index < -0.39 is 41.2 Å². The Bertz CT molecular complexity index is 451. The molecule has 0 fully saturated rings. The molecule has 0 spiro atoms. The van der Waals surface area contributed by atoms with E-state index >= 15 is 0 Å². The summed E-state index contributed by atoms with van der Waals surface area (Å²) in [6.07, 6.45) is -11.6. The van der Waals surface area contributed by atoms with Crippen LogP contribution in [0.25, 0.3) is 0 Å². The molecule has 108 valence electrons. The van der Waals surface area contributed by atoms with Crippen molar-refractivity contribution in [2.24, 2.45) is 5.73 Å². The van der Waals surface area contributed by atoms with Gasteiger partial charge in [0.25, 0.3) is 0 Å². The number of hydrogen-bond acceptors (Lipinski definition) is 2. The Hall–Kier alpha value is -1.28. The lowest BCUT2D eigenvalue weighted by Gasteiger charge is -2.21. The van der Waals surface area contributed by atoms with Crippen molar-refractivity contribution in [3.63, 3.8) is 0 Å². The zero-order valence-corrected chi connectivity index (χ0v) is 9.68. The standard InChI is InChI=1S/C11H11F6NO/c1-5(18)9(19)7-3-2-6(10(12,13)14)4-8(7)11(15,16)17/h2-5,9,19H,18H2,1H3/t5-,9-/m1/s1. The first-order valence-corrected chi connectivity index (χ1v) is 5.16. The van der Waals surface area contributed by atoms with E-state index in [0.717, 1.165) is 0 Å². The van der Waals surface area contributed by atoms with Gasteiger partial charge in [0.15, 0.2) is 0 Å². The van der Waals surface area contributed by atoms with Crippen LogP contribution in [-0.2, 0) is 12.4 Å². The molecule has 0 heterocycles. The van der Waals surface area contributed by atoms with Crippen molar-refractivity contribution < 1.29 is 31.4 Å². The van der Waals surface area contributed by atoms with Gasteiger partial charge in [0.1, 0.15) is 0 Å². The van der Waals surface area contributed by atoms with Gasteiger partial charge in [-0.1, -0.05) is 6.07 Å². The van der Waals surface area contributed by atoms with Gasteiger partial charge in [-0.2, -0.15) is 26.3 Å². The van der Waals surface area contributed by atoms with E-state index in [4.69, 9.17) is 5.73 Å². The molecule has 3 N–H and O–H groups in total. The van der Waals surface area contributed by atoms with Crippen LogP contribution in [0.2, 0.25) is 0 Å². The molecule has 0 bridgehead atoms. The number of benzene rings is 1. The summed E-state index contributed by atoms with van der Waals surface area (Å²) < 4.78 is 75.3. The molecule has 0 saturated heterocycles. The van der Waals surface area contributed by atoms with Gasteiger partial charge in [-0.3, -0.25) is 0 Å². The quantitative estimate of drug-likeness (QED) is 0.821. The fraction of sp³-hybridized carbons (Fsp3) is 0.455. The SMILES string of the molecule is C[C@@H](N)[C@@H](O)c1ccc(C(F)(F)F)cc1C(F)(F)F. The zero-order valence-electron chi connectivity index (χ0n) is 9.68. The van der Waals surface area contributed by atoms with Crippen molar-refractivity contribution in [2.45, 2.75) is 31.4 Å². The monoisotopic (exact) mass is 287 g/mol. The largest absolute Gasteiger partial charge is 0.416 e. The first-order valence-electron chi connectivity index (χ1n) is 5.16. The van der Waals surface area contributed by atoms with Gasteiger partial charge >= 0.3 is 12.4 Å². The predicted molar refractivity (Wildman–Crippen MR) is 55.1 cm³/mol. The smallest absolute Gasteiger partial charge is 0.387 e. The summed E-state index contributed by atoms with van der Waals surface area (Å²) in [7, 11) is 0. The van der Waals surface area contributed by atoms with E-state index in [2.05, 4.69) is 0 Å². The van der Waals surface area contributed by atoms with Crippen LogP contribution in [0.4, 0.5) is 26.3 Å². The second-order valence-electron chi connectivity index (χ2n) is 4.10. The van der Waals surface area contributed by atoms with E-state index in [0.29, 0.717) is 12.1 Å². The number of halogens is 6. The number of hydrogen-bond donors (Lipinski definition) is 2. The minimum Gasteiger partial charge on any atom is -0.387 e. The van der Waals surface area contributed by atoms with Crippen molar-refractivity contribution in [3.8, 4) is 0 Å². The van der Waals surface area contributed by atoms with Crippen LogP contribution < -0.4 is 5.73 Å². The average molecular weight is 287 g/mol. The highest BCUT2D eigenvalue weighted by molar-refractivity contribution is 5.37. The number of nitrogens with two attached hydrogens (primary N) is 1. The van der Waals surface area contributed by atoms with Gasteiger partial charge < -0.3 is 10.8 Å². The van der Waals surface area contributed by atoms with E-state index in [1.807, 2.05) is 0 Å². The highest BCUT2D eigenvalue weighted by atomic mass is 19.4. The van der Waals surface area contributed by atoms with Crippen molar-refractivity contribution in [1.29, 1.82) is 0 Å². The molecule has 1 aromatic rings. The Balaban J connectivity index is 3.42. The van der Waals surface area contributed by atoms with Crippen molar-refractivity contribution in [2.75, 3.05) is 0 Å². The molecule has 0 aliphatic heterocycles. The molecule has 19 heavy (non-hydrogen) atoms. The van der Waals surface area contributed by atoms with Crippen molar-refractivity contribution >= 4 is 0 Å². The first-order chi connectivity index (χ1) is 8.44. The Morgan fingerprint density at radius 2 is 1.58 bits per heavy atom. The Morgan fingerprint density at radius 1 is 1.05 bits per heavy atom. The van der Waals surface area contributed by atoms with E-state index in [1.54, 1.807) is 0 Å². The average Bonchev–Trinajstić information content (AvgIpc) is 2.24. The summed E-state index contributed by atoms with van der Waals surface area (Å²) in [4.78, 5) is 0. The van der Waals surface area contributed by atoms with Gasteiger partial charge in [-0.15, -0.1) is 0 Å². The molecule has 0 aromatic heterocycles. The third-order valence-corrected chi connectivity index (χ3v) is 2.50. The highest BCUT2D eigenvalue weighted by Crippen LogP contribution is 2.39. The fourth-order valence-electron chi connectivity index (χ4n) is 1.52. The summed E-state index contributed by atoms with van der Waals surface area (Å²) in [5, 5.41) is 9.53. The predicted octanol–water partition coefficient (Wildman–Crippen LogP) is 3.10. The third-order valence-electron chi connectivity index (χ3n) is 2.50. The van der Waals surface area contributed by atoms with Crippen LogP contribution in [0, 0.1) is 0 Å². The molecule has 0 aliphatic rings. The second kappa shape index (κ2) is 5.01. The number of aliphatic hydroxyl groups is 1. The molecule has 0 radical (unpaired) electrons. The molecule has 2 atom stereocenters. The Kier molecular flexibility index (Phi) is 4.16. The Morgan fingerprint density at radius 3 is 1.95 bits per heavy atom. The van der Waals surface area contributed by atoms with Crippen molar-refractivity contribution in [1.82, 2.24) is 0 Å². The van der Waals surface area contributed by atoms with Gasteiger partial charge in [-0.25, -0.2) is 0 Å². The molecule has 0 unspecified atom stereocenters. The lowest BCUT2D eigenvalue weighted by molar-refractivity contribution is -0.144. The lowest BCUT2D eigenvalue weighted by atomic mass is 9.96. The lowest BCUT2D eigenvalue weighted by Crippen LogP contribution is -2.27. The third kappa shape index (κ3) is 3.60. The van der Waals surface area contributed by atoms with Crippen LogP contribution >= 0.6 is 0 Å². The van der Waals surface area contributed by atoms with Gasteiger partial charge in [0.2, 0.25) is 0 Å². The topological polar surface area (TPSA) is 46.2 Å². The fourth-order valence-corrected chi connectivity index (χ4v) is 1.52. The number of rotatable bonds is 2. The molecule has 0 saturated carbocycles. The van der Waals surface area contributed by atoms with Crippen molar-refractivity contribution in [3.05, 3.63) is 34.9 Å². The summed E-state index contributed by atoms with van der Waals surface area (Å²) in [5.74, 6) is 0. The molecule has 2 nitrogen and oxygen atoms in total. The summed E-state index contributed by atoms with van der Waals surface area (Å²) in [6.45, 7) is 1.25. The first kappa shape index (κ1) is 15.8. The minimum absolute atomic E-state index is 0.0269. The maximum Gasteiger partial charge on any atom is 0.416 e. The molecular formula is C11H11F6NO. The molecule has 0 amide bonds. The second-order valence-corrected chi connectivity index (χ2v) is 4.10. The normalized spacial score (nSPS) is 16.3. The zero-order chi connectivity index (χ0) is 15.0. The Labute approximate surface area is 104 Å². The minimum atomic E-state index is -5.01. The van der Waals surface area contributed by atoms with E-state index in [9.17, 15) is 31.4 Å². The van der Waals surface area contributed by atoms with E-state index in [1.165, 1.54) is 6.92 Å². The molecular weight excluding hydrogens is 276 g/mol. The van der Waals surface area contributed by atoms with Crippen LogP contribution in [-0.4, -0.2) is 11.1 Å². The highest BCUT2D eigenvalue weighted by Gasteiger charge is 2.39. The maximum absolute atomic E-state index is 12.7. The van der Waals surface area contributed by atoms with Crippen LogP contribution in [0.3, 0.4) is 0 Å². The van der Waals surface area contributed by atoms with Gasteiger partial charge in [0, 0.05) is 6.04 Å². The molecule has 1 aromatic carbocycles. The molecule has 1 rings (SSSR count). The van der Waals surface area contributed by atoms with Gasteiger partial charge in [0.05, 0.1) is 17.2 Å². The maximum atomic E-state index is 12.7. The number of alkyl halides is 6. The summed E-state index contributed by atoms with van der Waals surface area (Å²) in [5.41, 5.74) is 1.63. The molecule has 0 aliphatic carbocycles. The van der Waals surface area contributed by atoms with E-state index in [-0.39, 0.29) is 6.07 Å². The van der Waals surface area contributed by atoms with Crippen LogP contribution in [0.1, 0.15) is 29.7 Å². The van der Waals surface area contributed by atoms with Gasteiger partial charge in [-0.05, 0) is 24.6 Å². The molecule has 8 heteroatoms. The summed E-state index contributed by atoms with van der Waals surface area (Å²) >= 11 is 0.